The van der Waals surface area contributed by atoms with Gasteiger partial charge in [0, 0.05) is 16.6 Å². The summed E-state index contributed by atoms with van der Waals surface area (Å²) in [7, 11) is 0. The summed E-state index contributed by atoms with van der Waals surface area (Å²) in [5.41, 5.74) is 2.53. The largest absolute Gasteiger partial charge is 0.325 e. The molecule has 5 heteroatoms. The van der Waals surface area contributed by atoms with Crippen LogP contribution < -0.4 is 5.32 Å². The van der Waals surface area contributed by atoms with Gasteiger partial charge in [-0.15, -0.1) is 11.8 Å². The van der Waals surface area contributed by atoms with E-state index in [1.165, 1.54) is 23.4 Å². The van der Waals surface area contributed by atoms with Crippen LogP contribution in [0.15, 0.2) is 41.3 Å². The van der Waals surface area contributed by atoms with Crippen molar-refractivity contribution in [3.05, 3.63) is 59.2 Å². The number of carbonyl (C=O) groups is 1. The third-order valence-corrected chi connectivity index (χ3v) is 4.07. The fraction of sp³-hybridized carbons (Fsp3) is 0.188. The zero-order valence-corrected chi connectivity index (χ0v) is 12.6. The molecule has 2 aromatic rings. The fourth-order valence-electron chi connectivity index (χ4n) is 1.88. The fourth-order valence-corrected chi connectivity index (χ4v) is 2.69. The van der Waals surface area contributed by atoms with Gasteiger partial charge in [0.25, 0.3) is 0 Å². The van der Waals surface area contributed by atoms with E-state index in [0.29, 0.717) is 0 Å². The molecular weight excluding hydrogens is 292 g/mol. The van der Waals surface area contributed by atoms with Gasteiger partial charge in [0.1, 0.15) is 0 Å². The minimum absolute atomic E-state index is 0.211. The number of anilines is 1. The maximum atomic E-state index is 13.0. The number of benzene rings is 2. The number of thioether (sulfide) groups is 1. The molecular formula is C16H15F2NOS. The van der Waals surface area contributed by atoms with E-state index in [1.807, 2.05) is 26.0 Å². The van der Waals surface area contributed by atoms with E-state index in [0.717, 1.165) is 22.6 Å². The molecule has 0 unspecified atom stereocenters. The molecule has 2 rings (SSSR count). The monoisotopic (exact) mass is 307 g/mol. The van der Waals surface area contributed by atoms with Gasteiger partial charge < -0.3 is 5.32 Å². The summed E-state index contributed by atoms with van der Waals surface area (Å²) in [6, 6.07) is 9.30. The first-order valence-electron chi connectivity index (χ1n) is 6.40. The second-order valence-corrected chi connectivity index (χ2v) is 5.75. The third kappa shape index (κ3) is 4.29. The van der Waals surface area contributed by atoms with E-state index >= 15 is 0 Å². The van der Waals surface area contributed by atoms with Crippen LogP contribution in [-0.2, 0) is 4.79 Å². The summed E-state index contributed by atoms with van der Waals surface area (Å²) in [5, 5.41) is 2.54. The quantitative estimate of drug-likeness (QED) is 0.853. The van der Waals surface area contributed by atoms with Crippen LogP contribution in [0.25, 0.3) is 0 Å². The minimum Gasteiger partial charge on any atom is -0.325 e. The van der Waals surface area contributed by atoms with Crippen molar-refractivity contribution in [3.8, 4) is 0 Å². The molecule has 0 saturated heterocycles. The van der Waals surface area contributed by atoms with Crippen LogP contribution in [0.2, 0.25) is 0 Å². The standard InChI is InChI=1S/C16H15F2NOS/c1-10-3-6-15(11(2)7-10)21-9-16(20)19-12-4-5-13(17)14(18)8-12/h3-8H,9H2,1-2H3,(H,19,20). The topological polar surface area (TPSA) is 29.1 Å². The van der Waals surface area contributed by atoms with Gasteiger partial charge in [-0.2, -0.15) is 0 Å². The normalized spacial score (nSPS) is 10.5. The molecule has 0 atom stereocenters. The molecule has 110 valence electrons. The third-order valence-electron chi connectivity index (χ3n) is 2.89. The van der Waals surface area contributed by atoms with Crippen LogP contribution in [0.3, 0.4) is 0 Å². The van der Waals surface area contributed by atoms with Crippen molar-refractivity contribution in [2.75, 3.05) is 11.1 Å². The molecule has 0 aliphatic carbocycles. The lowest BCUT2D eigenvalue weighted by Gasteiger charge is -2.08. The molecule has 0 fully saturated rings. The maximum absolute atomic E-state index is 13.0. The minimum atomic E-state index is -0.977. The van der Waals surface area contributed by atoms with Crippen molar-refractivity contribution in [2.24, 2.45) is 0 Å². The van der Waals surface area contributed by atoms with Gasteiger partial charge in [0.15, 0.2) is 11.6 Å². The molecule has 1 amide bonds. The Morgan fingerprint density at radius 1 is 1.10 bits per heavy atom. The first-order valence-corrected chi connectivity index (χ1v) is 7.39. The predicted molar refractivity (Wildman–Crippen MR) is 81.6 cm³/mol. The van der Waals surface area contributed by atoms with Crippen molar-refractivity contribution in [1.82, 2.24) is 0 Å². The zero-order chi connectivity index (χ0) is 15.4. The first-order chi connectivity index (χ1) is 9.95. The summed E-state index contributed by atoms with van der Waals surface area (Å²) in [4.78, 5) is 12.8. The van der Waals surface area contributed by atoms with E-state index in [-0.39, 0.29) is 17.3 Å². The number of nitrogens with one attached hydrogen (secondary N) is 1. The highest BCUT2D eigenvalue weighted by Gasteiger charge is 2.08. The Hall–Kier alpha value is -1.88. The smallest absolute Gasteiger partial charge is 0.234 e. The lowest BCUT2D eigenvalue weighted by atomic mass is 10.2. The number of aryl methyl sites for hydroxylation is 2. The Morgan fingerprint density at radius 3 is 2.52 bits per heavy atom. The summed E-state index contributed by atoms with van der Waals surface area (Å²) in [5.74, 6) is -1.96. The Bertz CT molecular complexity index is 673. The SMILES string of the molecule is Cc1ccc(SCC(=O)Nc2ccc(F)c(F)c2)c(C)c1. The van der Waals surface area contributed by atoms with Crippen LogP contribution in [0.4, 0.5) is 14.5 Å². The van der Waals surface area contributed by atoms with E-state index in [4.69, 9.17) is 0 Å². The van der Waals surface area contributed by atoms with E-state index in [9.17, 15) is 13.6 Å². The Balaban J connectivity index is 1.94. The highest BCUT2D eigenvalue weighted by atomic mass is 32.2. The molecule has 0 bridgehead atoms. The van der Waals surface area contributed by atoms with Crippen molar-refractivity contribution in [3.63, 3.8) is 0 Å². The Labute approximate surface area is 126 Å². The highest BCUT2D eigenvalue weighted by molar-refractivity contribution is 8.00. The number of amides is 1. The molecule has 2 nitrogen and oxygen atoms in total. The second-order valence-electron chi connectivity index (χ2n) is 4.73. The number of rotatable bonds is 4. The lowest BCUT2D eigenvalue weighted by Crippen LogP contribution is -2.14. The van der Waals surface area contributed by atoms with Crippen molar-refractivity contribution in [1.29, 1.82) is 0 Å². The molecule has 0 spiro atoms. The molecule has 0 heterocycles. The molecule has 1 N–H and O–H groups in total. The van der Waals surface area contributed by atoms with Crippen LogP contribution in [-0.4, -0.2) is 11.7 Å². The zero-order valence-electron chi connectivity index (χ0n) is 11.7. The molecule has 0 aliphatic heterocycles. The Kier molecular flexibility index (Phi) is 4.96. The summed E-state index contributed by atoms with van der Waals surface area (Å²) in [6.45, 7) is 4.00. The highest BCUT2D eigenvalue weighted by Crippen LogP contribution is 2.23. The van der Waals surface area contributed by atoms with E-state index in [1.54, 1.807) is 0 Å². The van der Waals surface area contributed by atoms with Gasteiger partial charge in [-0.25, -0.2) is 8.78 Å². The molecule has 0 saturated carbocycles. The van der Waals surface area contributed by atoms with Gasteiger partial charge >= 0.3 is 0 Å². The molecule has 21 heavy (non-hydrogen) atoms. The average Bonchev–Trinajstić information content (AvgIpc) is 2.42. The number of halogens is 2. The molecule has 0 aromatic heterocycles. The van der Waals surface area contributed by atoms with Gasteiger partial charge in [0.05, 0.1) is 5.75 Å². The lowest BCUT2D eigenvalue weighted by molar-refractivity contribution is -0.113. The molecule has 0 aliphatic rings. The summed E-state index contributed by atoms with van der Waals surface area (Å²) < 4.78 is 25.8. The van der Waals surface area contributed by atoms with Crippen molar-refractivity contribution < 1.29 is 13.6 Å². The van der Waals surface area contributed by atoms with Gasteiger partial charge in [0.2, 0.25) is 5.91 Å². The molecule has 0 radical (unpaired) electrons. The van der Waals surface area contributed by atoms with Crippen LogP contribution in [0.1, 0.15) is 11.1 Å². The van der Waals surface area contributed by atoms with E-state index < -0.39 is 11.6 Å². The van der Waals surface area contributed by atoms with Crippen molar-refractivity contribution in [2.45, 2.75) is 18.7 Å². The van der Waals surface area contributed by atoms with Crippen LogP contribution >= 0.6 is 11.8 Å². The van der Waals surface area contributed by atoms with Crippen LogP contribution in [0.5, 0.6) is 0 Å². The first kappa shape index (κ1) is 15.5. The number of carbonyl (C=O) groups excluding carboxylic acids is 1. The van der Waals surface area contributed by atoms with Crippen molar-refractivity contribution >= 4 is 23.4 Å². The number of hydrogen-bond donors (Lipinski definition) is 1. The predicted octanol–water partition coefficient (Wildman–Crippen LogP) is 4.31. The maximum Gasteiger partial charge on any atom is 0.234 e. The number of hydrogen-bond acceptors (Lipinski definition) is 2. The van der Waals surface area contributed by atoms with Crippen LogP contribution in [0, 0.1) is 25.5 Å². The summed E-state index contributed by atoms with van der Waals surface area (Å²) in [6.07, 6.45) is 0. The second kappa shape index (κ2) is 6.72. The average molecular weight is 307 g/mol. The molecule has 2 aromatic carbocycles. The van der Waals surface area contributed by atoms with Gasteiger partial charge in [-0.1, -0.05) is 17.7 Å². The summed E-state index contributed by atoms with van der Waals surface area (Å²) >= 11 is 1.41. The van der Waals surface area contributed by atoms with Gasteiger partial charge in [-0.3, -0.25) is 4.79 Å². The van der Waals surface area contributed by atoms with E-state index in [2.05, 4.69) is 11.4 Å². The Morgan fingerprint density at radius 2 is 1.86 bits per heavy atom. The van der Waals surface area contributed by atoms with Gasteiger partial charge in [-0.05, 0) is 37.6 Å².